The number of hydrogen-bond acceptors (Lipinski definition) is 3. The molecule has 194 valence electrons. The highest BCUT2D eigenvalue weighted by atomic mass is 32.1. The van der Waals surface area contributed by atoms with Gasteiger partial charge in [-0.15, -0.1) is 0 Å². The van der Waals surface area contributed by atoms with Gasteiger partial charge in [-0.05, 0) is 87.4 Å². The number of anilines is 1. The number of aromatic nitrogens is 2. The zero-order valence-corrected chi connectivity index (χ0v) is 23.0. The van der Waals surface area contributed by atoms with Crippen LogP contribution in [0.25, 0.3) is 5.69 Å². The van der Waals surface area contributed by atoms with E-state index in [0.717, 1.165) is 28.3 Å². The predicted octanol–water partition coefficient (Wildman–Crippen LogP) is 6.11. The average Bonchev–Trinajstić information content (AvgIpc) is 3.39. The van der Waals surface area contributed by atoms with E-state index in [0.29, 0.717) is 18.1 Å². The molecule has 2 aromatic carbocycles. The smallest absolute Gasteiger partial charge is 0.226 e. The molecule has 38 heavy (non-hydrogen) atoms. The summed E-state index contributed by atoms with van der Waals surface area (Å²) in [5.74, 6) is -0.0397. The topological polar surface area (TPSA) is 62.2 Å². The van der Waals surface area contributed by atoms with Crippen molar-refractivity contribution in [1.29, 1.82) is 0 Å². The molecule has 0 unspecified atom stereocenters. The molecule has 1 aliphatic heterocycles. The monoisotopic (exact) mass is 523 g/mol. The molecule has 1 fully saturated rings. The zero-order valence-electron chi connectivity index (χ0n) is 22.2. The zero-order chi connectivity index (χ0) is 26.8. The van der Waals surface area contributed by atoms with Crippen LogP contribution in [0, 0.1) is 27.7 Å². The lowest BCUT2D eigenvalue weighted by Crippen LogP contribution is -2.32. The van der Waals surface area contributed by atoms with E-state index >= 15 is 0 Å². The maximum atomic E-state index is 12.9. The highest BCUT2D eigenvalue weighted by Crippen LogP contribution is 2.41. The SMILES string of the molecule is Cc1ccc(NC(=O)CCN2C(=S)N[C@@H](c3ccccn3)[C@H]2c2cc(C)n(-c3ccccc3C)c2C)cc1. The van der Waals surface area contributed by atoms with Crippen molar-refractivity contribution in [3.8, 4) is 5.69 Å². The van der Waals surface area contributed by atoms with Crippen molar-refractivity contribution in [2.45, 2.75) is 46.2 Å². The highest BCUT2D eigenvalue weighted by molar-refractivity contribution is 7.80. The third kappa shape index (κ3) is 5.07. The molecule has 0 radical (unpaired) electrons. The second-order valence-corrected chi connectivity index (χ2v) is 10.3. The van der Waals surface area contributed by atoms with Gasteiger partial charge in [-0.25, -0.2) is 0 Å². The van der Waals surface area contributed by atoms with Crippen molar-refractivity contribution in [3.05, 3.63) is 113 Å². The summed E-state index contributed by atoms with van der Waals surface area (Å²) < 4.78 is 2.31. The van der Waals surface area contributed by atoms with E-state index < -0.39 is 0 Å². The van der Waals surface area contributed by atoms with Crippen molar-refractivity contribution in [3.63, 3.8) is 0 Å². The molecular formula is C31H33N5OS. The van der Waals surface area contributed by atoms with Crippen molar-refractivity contribution in [2.75, 3.05) is 11.9 Å². The van der Waals surface area contributed by atoms with E-state index in [9.17, 15) is 4.79 Å². The third-order valence-electron chi connectivity index (χ3n) is 7.26. The average molecular weight is 524 g/mol. The molecule has 2 N–H and O–H groups in total. The van der Waals surface area contributed by atoms with Gasteiger partial charge in [-0.3, -0.25) is 9.78 Å². The lowest BCUT2D eigenvalue weighted by molar-refractivity contribution is -0.116. The number of carbonyl (C=O) groups is 1. The van der Waals surface area contributed by atoms with Gasteiger partial charge < -0.3 is 20.1 Å². The molecule has 0 bridgehead atoms. The summed E-state index contributed by atoms with van der Waals surface area (Å²) in [4.78, 5) is 19.7. The highest BCUT2D eigenvalue weighted by Gasteiger charge is 2.41. The molecule has 3 heterocycles. The number of aryl methyl sites for hydroxylation is 3. The number of nitrogens with one attached hydrogen (secondary N) is 2. The molecule has 1 amide bonds. The molecule has 0 saturated carbocycles. The molecule has 4 aromatic rings. The van der Waals surface area contributed by atoms with Crippen LogP contribution in [0.5, 0.6) is 0 Å². The molecule has 5 rings (SSSR count). The van der Waals surface area contributed by atoms with Gasteiger partial charge in [0.15, 0.2) is 5.11 Å². The van der Waals surface area contributed by atoms with Crippen LogP contribution in [-0.4, -0.2) is 32.0 Å². The number of rotatable bonds is 7. The summed E-state index contributed by atoms with van der Waals surface area (Å²) in [6, 6.07) is 24.2. The van der Waals surface area contributed by atoms with E-state index in [-0.39, 0.29) is 18.0 Å². The summed E-state index contributed by atoms with van der Waals surface area (Å²) in [5.41, 5.74) is 8.74. The second kappa shape index (κ2) is 10.8. The van der Waals surface area contributed by atoms with Crippen LogP contribution >= 0.6 is 12.2 Å². The Morgan fingerprint density at radius 1 is 1.00 bits per heavy atom. The molecular weight excluding hydrogens is 490 g/mol. The minimum Gasteiger partial charge on any atom is -0.352 e. The first kappa shape index (κ1) is 25.7. The van der Waals surface area contributed by atoms with Crippen LogP contribution < -0.4 is 10.6 Å². The molecule has 6 nitrogen and oxygen atoms in total. The molecule has 1 aliphatic rings. The van der Waals surface area contributed by atoms with Gasteiger partial charge in [0, 0.05) is 41.9 Å². The molecule has 0 aliphatic carbocycles. The quantitative estimate of drug-likeness (QED) is 0.286. The van der Waals surface area contributed by atoms with E-state index in [1.165, 1.54) is 16.8 Å². The van der Waals surface area contributed by atoms with Gasteiger partial charge in [0.2, 0.25) is 5.91 Å². The Hall–Kier alpha value is -3.97. The van der Waals surface area contributed by atoms with Gasteiger partial charge in [0.05, 0.1) is 17.8 Å². The Morgan fingerprint density at radius 2 is 1.74 bits per heavy atom. The summed E-state index contributed by atoms with van der Waals surface area (Å²) in [6.07, 6.45) is 2.13. The Labute approximate surface area is 229 Å². The molecule has 2 aromatic heterocycles. The normalized spacial score (nSPS) is 16.9. The fourth-order valence-electron chi connectivity index (χ4n) is 5.34. The fourth-order valence-corrected chi connectivity index (χ4v) is 5.67. The first-order chi connectivity index (χ1) is 18.3. The molecule has 0 spiro atoms. The van der Waals surface area contributed by atoms with E-state index in [1.807, 2.05) is 55.6 Å². The minimum absolute atomic E-state index is 0.0397. The summed E-state index contributed by atoms with van der Waals surface area (Å²) >= 11 is 5.84. The van der Waals surface area contributed by atoms with Gasteiger partial charge in [-0.1, -0.05) is 42.0 Å². The van der Waals surface area contributed by atoms with E-state index in [1.54, 1.807) is 0 Å². The molecule has 7 heteroatoms. The summed E-state index contributed by atoms with van der Waals surface area (Å²) in [6.45, 7) is 8.95. The van der Waals surface area contributed by atoms with E-state index in [2.05, 4.69) is 76.2 Å². The molecule has 1 saturated heterocycles. The predicted molar refractivity (Wildman–Crippen MR) is 157 cm³/mol. The minimum atomic E-state index is -0.130. The summed E-state index contributed by atoms with van der Waals surface area (Å²) in [7, 11) is 0. The Kier molecular flexibility index (Phi) is 7.29. The standard InChI is InChI=1S/C31H33N5OS/c1-20-12-14-24(15-13-20)33-28(37)16-18-35-30(29(34-31(35)38)26-10-7-8-17-32-26)25-19-22(3)36(23(25)4)27-11-6-5-9-21(27)2/h5-15,17,19,29-30H,16,18H2,1-4H3,(H,33,37)(H,34,38)/t29-,30+/m0/s1. The largest absolute Gasteiger partial charge is 0.352 e. The number of carbonyl (C=O) groups excluding carboxylic acids is 1. The number of pyridine rings is 1. The van der Waals surface area contributed by atoms with Crippen LogP contribution in [0.4, 0.5) is 5.69 Å². The van der Waals surface area contributed by atoms with Crippen LogP contribution in [0.15, 0.2) is 79.0 Å². The van der Waals surface area contributed by atoms with Crippen molar-refractivity contribution in [1.82, 2.24) is 19.8 Å². The van der Waals surface area contributed by atoms with Gasteiger partial charge in [-0.2, -0.15) is 0 Å². The maximum Gasteiger partial charge on any atom is 0.226 e. The number of hydrogen-bond donors (Lipinski definition) is 2. The van der Waals surface area contributed by atoms with Gasteiger partial charge >= 0.3 is 0 Å². The Bertz CT molecular complexity index is 1460. The Morgan fingerprint density at radius 3 is 2.45 bits per heavy atom. The van der Waals surface area contributed by atoms with Gasteiger partial charge in [0.25, 0.3) is 0 Å². The van der Waals surface area contributed by atoms with Crippen molar-refractivity contribution >= 4 is 28.9 Å². The van der Waals surface area contributed by atoms with Crippen LogP contribution in [0.1, 0.15) is 52.3 Å². The van der Waals surface area contributed by atoms with Crippen molar-refractivity contribution < 1.29 is 4.79 Å². The summed E-state index contributed by atoms with van der Waals surface area (Å²) in [5, 5.41) is 7.16. The lowest BCUT2D eigenvalue weighted by Gasteiger charge is -2.28. The van der Waals surface area contributed by atoms with E-state index in [4.69, 9.17) is 12.2 Å². The second-order valence-electron chi connectivity index (χ2n) is 9.93. The van der Waals surface area contributed by atoms with Crippen LogP contribution in [-0.2, 0) is 4.79 Å². The first-order valence-electron chi connectivity index (χ1n) is 12.9. The number of para-hydroxylation sites is 1. The molecule has 2 atom stereocenters. The number of benzene rings is 2. The maximum absolute atomic E-state index is 12.9. The number of nitrogens with zero attached hydrogens (tertiary/aromatic N) is 3. The van der Waals surface area contributed by atoms with Gasteiger partial charge in [0.1, 0.15) is 0 Å². The fraction of sp³-hybridized carbons (Fsp3) is 0.258. The Balaban J connectivity index is 1.47. The lowest BCUT2D eigenvalue weighted by atomic mass is 9.96. The number of thiocarbonyl (C=S) groups is 1. The van der Waals surface area contributed by atoms with Crippen LogP contribution in [0.2, 0.25) is 0 Å². The number of amides is 1. The van der Waals surface area contributed by atoms with Crippen LogP contribution in [0.3, 0.4) is 0 Å². The third-order valence-corrected chi connectivity index (χ3v) is 7.61. The first-order valence-corrected chi connectivity index (χ1v) is 13.3. The van der Waals surface area contributed by atoms with Crippen molar-refractivity contribution in [2.24, 2.45) is 0 Å².